The number of hydrogen-bond acceptors (Lipinski definition) is 4. The molecule has 2 aromatic rings. The highest BCUT2D eigenvalue weighted by molar-refractivity contribution is 7.90. The maximum atomic E-state index is 11.2. The molecule has 0 aliphatic rings. The summed E-state index contributed by atoms with van der Waals surface area (Å²) in [7, 11) is -1.18. The van der Waals surface area contributed by atoms with E-state index in [0.717, 1.165) is 16.6 Å². The molecule has 6 heteroatoms. The Hall–Kier alpha value is -1.40. The Morgan fingerprint density at radius 1 is 1.39 bits per heavy atom. The van der Waals surface area contributed by atoms with Gasteiger partial charge in [0.25, 0.3) is 0 Å². The molecule has 0 amide bonds. The van der Waals surface area contributed by atoms with Crippen LogP contribution in [0.4, 0.5) is 0 Å². The van der Waals surface area contributed by atoms with Crippen molar-refractivity contribution < 1.29 is 8.42 Å². The van der Waals surface area contributed by atoms with Gasteiger partial charge in [-0.3, -0.25) is 4.68 Å². The fraction of sp³-hybridized carbons (Fsp3) is 0.417. The van der Waals surface area contributed by atoms with Gasteiger partial charge in [0.1, 0.15) is 9.84 Å². The first-order valence-electron chi connectivity index (χ1n) is 5.71. The van der Waals surface area contributed by atoms with Crippen LogP contribution in [-0.2, 0) is 23.3 Å². The van der Waals surface area contributed by atoms with Crippen LogP contribution >= 0.6 is 0 Å². The summed E-state index contributed by atoms with van der Waals surface area (Å²) in [4.78, 5) is 0. The van der Waals surface area contributed by atoms with Crippen LogP contribution in [0.3, 0.4) is 0 Å². The van der Waals surface area contributed by atoms with Gasteiger partial charge < -0.3 is 5.73 Å². The molecule has 2 rings (SSSR count). The van der Waals surface area contributed by atoms with Gasteiger partial charge in [0.05, 0.1) is 17.0 Å². The number of rotatable bonds is 4. The monoisotopic (exact) mass is 267 g/mol. The molecule has 0 saturated heterocycles. The number of nitrogens with zero attached hydrogens (tertiary/aromatic N) is 2. The number of aryl methyl sites for hydroxylation is 1. The molecule has 0 bridgehead atoms. The summed E-state index contributed by atoms with van der Waals surface area (Å²) in [5.74, 6) is -0.0160. The van der Waals surface area contributed by atoms with Gasteiger partial charge in [0.15, 0.2) is 0 Å². The van der Waals surface area contributed by atoms with Crippen LogP contribution in [0.15, 0.2) is 24.3 Å². The Morgan fingerprint density at radius 2 is 2.06 bits per heavy atom. The molecular formula is C12H17N3O2S. The molecule has 1 aromatic heterocycles. The standard InChI is InChI=1S/C12H17N3O2S/c1-15-12-6-4-3-5-10(12)11(14-15)7-9(13)8-18(2,16)17/h3-6,9H,7-8,13H2,1-2H3. The highest BCUT2D eigenvalue weighted by atomic mass is 32.2. The van der Waals surface area contributed by atoms with Gasteiger partial charge in [0, 0.05) is 31.2 Å². The van der Waals surface area contributed by atoms with E-state index in [1.807, 2.05) is 31.3 Å². The van der Waals surface area contributed by atoms with Crippen molar-refractivity contribution in [2.24, 2.45) is 12.8 Å². The van der Waals surface area contributed by atoms with Crippen molar-refractivity contribution in [2.75, 3.05) is 12.0 Å². The zero-order chi connectivity index (χ0) is 13.3. The summed E-state index contributed by atoms with van der Waals surface area (Å²) in [6.45, 7) is 0. The fourth-order valence-electron chi connectivity index (χ4n) is 2.14. The van der Waals surface area contributed by atoms with Crippen LogP contribution < -0.4 is 5.73 Å². The van der Waals surface area contributed by atoms with E-state index in [2.05, 4.69) is 5.10 Å². The first-order valence-corrected chi connectivity index (χ1v) is 7.77. The molecule has 5 nitrogen and oxygen atoms in total. The van der Waals surface area contributed by atoms with Crippen molar-refractivity contribution in [2.45, 2.75) is 12.5 Å². The zero-order valence-corrected chi connectivity index (χ0v) is 11.3. The Morgan fingerprint density at radius 3 is 2.72 bits per heavy atom. The predicted octanol–water partition coefficient (Wildman–Crippen LogP) is 0.488. The summed E-state index contributed by atoms with van der Waals surface area (Å²) >= 11 is 0. The minimum absolute atomic E-state index is 0.0160. The van der Waals surface area contributed by atoms with Crippen molar-refractivity contribution in [3.8, 4) is 0 Å². The molecule has 0 saturated carbocycles. The van der Waals surface area contributed by atoms with E-state index < -0.39 is 15.9 Å². The summed E-state index contributed by atoms with van der Waals surface area (Å²) in [6, 6.07) is 7.43. The molecule has 0 radical (unpaired) electrons. The zero-order valence-electron chi connectivity index (χ0n) is 10.5. The molecule has 18 heavy (non-hydrogen) atoms. The first-order chi connectivity index (χ1) is 8.37. The molecule has 1 aromatic carbocycles. The normalized spacial score (nSPS) is 13.9. The molecule has 1 unspecified atom stereocenters. The second-order valence-electron chi connectivity index (χ2n) is 4.64. The van der Waals surface area contributed by atoms with Crippen molar-refractivity contribution in [3.05, 3.63) is 30.0 Å². The van der Waals surface area contributed by atoms with Gasteiger partial charge in [-0.1, -0.05) is 18.2 Å². The number of para-hydroxylation sites is 1. The maximum absolute atomic E-state index is 11.2. The number of sulfone groups is 1. The van der Waals surface area contributed by atoms with E-state index in [1.165, 1.54) is 6.26 Å². The average Bonchev–Trinajstić information content (AvgIpc) is 2.54. The van der Waals surface area contributed by atoms with E-state index in [-0.39, 0.29) is 5.75 Å². The molecule has 2 N–H and O–H groups in total. The van der Waals surface area contributed by atoms with Crippen LogP contribution in [0.2, 0.25) is 0 Å². The minimum atomic E-state index is -3.05. The van der Waals surface area contributed by atoms with E-state index in [1.54, 1.807) is 4.68 Å². The van der Waals surface area contributed by atoms with Crippen LogP contribution in [-0.4, -0.2) is 36.2 Å². The Bertz CT molecular complexity index is 661. The van der Waals surface area contributed by atoms with Gasteiger partial charge in [-0.15, -0.1) is 0 Å². The van der Waals surface area contributed by atoms with Crippen LogP contribution in [0.25, 0.3) is 10.9 Å². The predicted molar refractivity (Wildman–Crippen MR) is 72.1 cm³/mol. The number of nitrogens with two attached hydrogens (primary N) is 1. The van der Waals surface area contributed by atoms with Crippen LogP contribution in [0, 0.1) is 0 Å². The number of aromatic nitrogens is 2. The molecular weight excluding hydrogens is 250 g/mol. The lowest BCUT2D eigenvalue weighted by Gasteiger charge is -2.08. The van der Waals surface area contributed by atoms with Gasteiger partial charge in [0.2, 0.25) is 0 Å². The third-order valence-electron chi connectivity index (χ3n) is 2.81. The Balaban J connectivity index is 2.27. The Kier molecular flexibility index (Phi) is 3.41. The summed E-state index contributed by atoms with van der Waals surface area (Å²) in [6.07, 6.45) is 1.66. The van der Waals surface area contributed by atoms with Gasteiger partial charge in [-0.2, -0.15) is 5.10 Å². The lowest BCUT2D eigenvalue weighted by atomic mass is 10.1. The van der Waals surface area contributed by atoms with Gasteiger partial charge in [-0.25, -0.2) is 8.42 Å². The smallest absolute Gasteiger partial charge is 0.148 e. The highest BCUT2D eigenvalue weighted by Gasteiger charge is 2.15. The molecule has 1 heterocycles. The molecule has 0 fully saturated rings. The van der Waals surface area contributed by atoms with Crippen molar-refractivity contribution in [1.82, 2.24) is 9.78 Å². The fourth-order valence-corrected chi connectivity index (χ4v) is 3.03. The largest absolute Gasteiger partial charge is 0.326 e. The molecule has 0 aliphatic carbocycles. The average molecular weight is 267 g/mol. The number of fused-ring (bicyclic) bond motifs is 1. The summed E-state index contributed by atoms with van der Waals surface area (Å²) < 4.78 is 24.2. The highest BCUT2D eigenvalue weighted by Crippen LogP contribution is 2.18. The molecule has 0 spiro atoms. The van der Waals surface area contributed by atoms with Crippen molar-refractivity contribution in [1.29, 1.82) is 0 Å². The SMILES string of the molecule is Cn1nc(CC(N)CS(C)(=O)=O)c2ccccc21. The van der Waals surface area contributed by atoms with Crippen molar-refractivity contribution >= 4 is 20.7 Å². The molecule has 1 atom stereocenters. The Labute approximate surface area is 107 Å². The van der Waals surface area contributed by atoms with E-state index in [9.17, 15) is 8.42 Å². The third kappa shape index (κ3) is 2.88. The van der Waals surface area contributed by atoms with Crippen LogP contribution in [0.5, 0.6) is 0 Å². The topological polar surface area (TPSA) is 78.0 Å². The number of benzene rings is 1. The van der Waals surface area contributed by atoms with Gasteiger partial charge >= 0.3 is 0 Å². The summed E-state index contributed by atoms with van der Waals surface area (Å²) in [5.41, 5.74) is 7.74. The third-order valence-corrected chi connectivity index (χ3v) is 3.84. The molecule has 0 aliphatic heterocycles. The second kappa shape index (κ2) is 4.70. The van der Waals surface area contributed by atoms with E-state index >= 15 is 0 Å². The minimum Gasteiger partial charge on any atom is -0.326 e. The van der Waals surface area contributed by atoms with Crippen LogP contribution in [0.1, 0.15) is 5.69 Å². The summed E-state index contributed by atoms with van der Waals surface area (Å²) in [5, 5.41) is 5.43. The lowest BCUT2D eigenvalue weighted by Crippen LogP contribution is -2.31. The quantitative estimate of drug-likeness (QED) is 0.874. The first kappa shape index (κ1) is 13.0. The van der Waals surface area contributed by atoms with E-state index in [0.29, 0.717) is 6.42 Å². The van der Waals surface area contributed by atoms with E-state index in [4.69, 9.17) is 5.73 Å². The van der Waals surface area contributed by atoms with Gasteiger partial charge in [-0.05, 0) is 6.07 Å². The maximum Gasteiger partial charge on any atom is 0.148 e. The lowest BCUT2D eigenvalue weighted by molar-refractivity contribution is 0.590. The number of hydrogen-bond donors (Lipinski definition) is 1. The molecule has 98 valence electrons. The second-order valence-corrected chi connectivity index (χ2v) is 6.83. The van der Waals surface area contributed by atoms with Crippen molar-refractivity contribution in [3.63, 3.8) is 0 Å².